The Morgan fingerprint density at radius 3 is 2.51 bits per heavy atom. The van der Waals surface area contributed by atoms with Crippen LogP contribution in [0, 0.1) is 18.6 Å². The Kier molecular flexibility index (Phi) is 7.47. The fourth-order valence-corrected chi connectivity index (χ4v) is 7.26. The van der Waals surface area contributed by atoms with E-state index in [4.69, 9.17) is 16.3 Å². The minimum absolute atomic E-state index is 0.140. The summed E-state index contributed by atoms with van der Waals surface area (Å²) in [7, 11) is 1.59. The van der Waals surface area contributed by atoms with Crippen LogP contribution in [0.4, 0.5) is 14.6 Å². The van der Waals surface area contributed by atoms with E-state index >= 15 is 4.39 Å². The van der Waals surface area contributed by atoms with Crippen LogP contribution in [0.3, 0.4) is 0 Å². The van der Waals surface area contributed by atoms with Crippen molar-refractivity contribution in [2.75, 3.05) is 30.9 Å². The third-order valence-electron chi connectivity index (χ3n) is 7.46. The molecule has 1 aromatic heterocycles. The highest BCUT2D eigenvalue weighted by Crippen LogP contribution is 2.45. The van der Waals surface area contributed by atoms with E-state index in [2.05, 4.69) is 11.6 Å². The molecule has 7 nitrogen and oxygen atoms in total. The van der Waals surface area contributed by atoms with Crippen molar-refractivity contribution in [2.45, 2.75) is 50.4 Å². The molecule has 2 aliphatic heterocycles. The lowest BCUT2D eigenvalue weighted by Crippen LogP contribution is -2.58. The van der Waals surface area contributed by atoms with Gasteiger partial charge in [-0.25, -0.2) is 13.6 Å². The van der Waals surface area contributed by atoms with Crippen LogP contribution in [-0.2, 0) is 16.1 Å². The van der Waals surface area contributed by atoms with Gasteiger partial charge in [-0.05, 0) is 44.5 Å². The van der Waals surface area contributed by atoms with E-state index in [1.165, 1.54) is 23.9 Å². The van der Waals surface area contributed by atoms with E-state index in [0.717, 1.165) is 17.0 Å². The topological polar surface area (TPSA) is 67.7 Å². The van der Waals surface area contributed by atoms with Crippen molar-refractivity contribution >= 4 is 46.0 Å². The quantitative estimate of drug-likeness (QED) is 0.321. The molecule has 3 aromatic rings. The SMILES string of the molecule is C=CC(=O)N1[C@H](C)CN(c2nc(=O)n3c4c(c(-c5cc(Cl)c(F)cc5F)c(C)cc24)SC[C@@H](OC)C3)C[C@@H]1C. The highest BCUT2D eigenvalue weighted by atomic mass is 35.5. The standard InChI is InChI=1S/C28H29ClF2N4O3S/c1-6-23(36)35-15(3)10-33(11-16(35)4)27-19-7-14(2)24(18-8-20(29)22(31)9-21(18)30)26-25(19)34(28(37)32-27)12-17(38-5)13-39-26/h6-9,15-17H,1,10-13H2,2-5H3/t15-,16+,17-/m0/s1. The Morgan fingerprint density at radius 2 is 1.87 bits per heavy atom. The molecule has 0 saturated carbocycles. The van der Waals surface area contributed by atoms with Gasteiger partial charge >= 0.3 is 5.69 Å². The number of halogens is 3. The normalized spacial score (nSPS) is 21.3. The molecule has 11 heteroatoms. The summed E-state index contributed by atoms with van der Waals surface area (Å²) in [6.45, 7) is 10.6. The summed E-state index contributed by atoms with van der Waals surface area (Å²) in [5.74, 6) is -0.683. The predicted molar refractivity (Wildman–Crippen MR) is 151 cm³/mol. The molecule has 0 N–H and O–H groups in total. The number of nitrogens with zero attached hydrogens (tertiary/aromatic N) is 4. The first-order valence-corrected chi connectivity index (χ1v) is 14.0. The summed E-state index contributed by atoms with van der Waals surface area (Å²) in [6.07, 6.45) is 1.04. The van der Waals surface area contributed by atoms with Gasteiger partial charge in [-0.15, -0.1) is 11.8 Å². The van der Waals surface area contributed by atoms with Gasteiger partial charge < -0.3 is 14.5 Å². The molecule has 0 bridgehead atoms. The maximum atomic E-state index is 15.2. The first-order valence-electron chi connectivity index (χ1n) is 12.6. The van der Waals surface area contributed by atoms with Crippen molar-refractivity contribution in [3.05, 3.63) is 63.6 Å². The third-order valence-corrected chi connectivity index (χ3v) is 8.97. The summed E-state index contributed by atoms with van der Waals surface area (Å²) in [4.78, 5) is 35.0. The number of aryl methyl sites for hydroxylation is 1. The van der Waals surface area contributed by atoms with Gasteiger partial charge in [0, 0.05) is 65.5 Å². The van der Waals surface area contributed by atoms with E-state index < -0.39 is 17.3 Å². The average molecular weight is 575 g/mol. The predicted octanol–water partition coefficient (Wildman–Crippen LogP) is 5.04. The second-order valence-electron chi connectivity index (χ2n) is 10.1. The molecule has 3 heterocycles. The number of aromatic nitrogens is 2. The number of thioether (sulfide) groups is 1. The van der Waals surface area contributed by atoms with Crippen LogP contribution in [0.2, 0.25) is 5.02 Å². The summed E-state index contributed by atoms with van der Waals surface area (Å²) >= 11 is 7.54. The van der Waals surface area contributed by atoms with Gasteiger partial charge in [0.05, 0.1) is 23.2 Å². The number of methoxy groups -OCH3 is 1. The zero-order valence-electron chi connectivity index (χ0n) is 22.1. The van der Waals surface area contributed by atoms with Gasteiger partial charge in [0.1, 0.15) is 17.5 Å². The highest BCUT2D eigenvalue weighted by Gasteiger charge is 2.35. The second-order valence-corrected chi connectivity index (χ2v) is 11.5. The highest BCUT2D eigenvalue weighted by molar-refractivity contribution is 7.99. The lowest BCUT2D eigenvalue weighted by Gasteiger charge is -2.44. The van der Waals surface area contributed by atoms with E-state index in [9.17, 15) is 14.0 Å². The van der Waals surface area contributed by atoms with Gasteiger partial charge in [-0.2, -0.15) is 4.98 Å². The summed E-state index contributed by atoms with van der Waals surface area (Å²) in [5.41, 5.74) is 1.63. The van der Waals surface area contributed by atoms with Crippen LogP contribution in [0.1, 0.15) is 19.4 Å². The van der Waals surface area contributed by atoms with Crippen LogP contribution in [-0.4, -0.2) is 64.5 Å². The number of carbonyl (C=O) groups excluding carboxylic acids is 1. The second kappa shape index (κ2) is 10.6. The van der Waals surface area contributed by atoms with Crippen LogP contribution in [0.15, 0.2) is 40.5 Å². The first kappa shape index (κ1) is 27.6. The van der Waals surface area contributed by atoms with Crippen molar-refractivity contribution in [3.63, 3.8) is 0 Å². The Bertz CT molecular complexity index is 1550. The molecule has 2 aliphatic rings. The Balaban J connectivity index is 1.76. The van der Waals surface area contributed by atoms with Crippen LogP contribution >= 0.6 is 23.4 Å². The Hall–Kier alpha value is -2.95. The van der Waals surface area contributed by atoms with Crippen LogP contribution < -0.4 is 10.6 Å². The van der Waals surface area contributed by atoms with E-state index in [1.54, 1.807) is 16.6 Å². The number of ether oxygens (including phenoxy) is 1. The molecular weight excluding hydrogens is 546 g/mol. The number of rotatable bonds is 4. The molecule has 1 fully saturated rings. The number of hydrogen-bond acceptors (Lipinski definition) is 6. The zero-order chi connectivity index (χ0) is 28.2. The minimum atomic E-state index is -0.838. The zero-order valence-corrected chi connectivity index (χ0v) is 23.7. The number of piperazine rings is 1. The van der Waals surface area contributed by atoms with E-state index in [1.807, 2.05) is 31.7 Å². The smallest absolute Gasteiger partial charge is 0.350 e. The van der Waals surface area contributed by atoms with Gasteiger partial charge in [0.2, 0.25) is 5.91 Å². The lowest BCUT2D eigenvalue weighted by atomic mass is 9.97. The molecule has 2 aromatic carbocycles. The van der Waals surface area contributed by atoms with Crippen molar-refractivity contribution < 1.29 is 18.3 Å². The van der Waals surface area contributed by atoms with Crippen molar-refractivity contribution in [3.8, 4) is 11.1 Å². The maximum Gasteiger partial charge on any atom is 0.350 e. The van der Waals surface area contributed by atoms with Crippen molar-refractivity contribution in [1.82, 2.24) is 14.5 Å². The van der Waals surface area contributed by atoms with Gasteiger partial charge in [0.15, 0.2) is 0 Å². The van der Waals surface area contributed by atoms with Crippen molar-refractivity contribution in [2.24, 2.45) is 0 Å². The number of carbonyl (C=O) groups is 1. The van der Waals surface area contributed by atoms with Gasteiger partial charge in [-0.1, -0.05) is 18.2 Å². The molecule has 39 heavy (non-hydrogen) atoms. The summed E-state index contributed by atoms with van der Waals surface area (Å²) in [5, 5.41) is 0.556. The fourth-order valence-electron chi connectivity index (χ4n) is 5.73. The first-order chi connectivity index (χ1) is 18.5. The molecule has 1 amide bonds. The van der Waals surface area contributed by atoms with Gasteiger partial charge in [0.25, 0.3) is 0 Å². The third kappa shape index (κ3) is 4.72. The molecule has 1 saturated heterocycles. The monoisotopic (exact) mass is 574 g/mol. The Labute approximate surface area is 234 Å². The number of anilines is 1. The molecule has 0 spiro atoms. The molecular formula is C28H29ClF2N4O3S. The molecule has 0 unspecified atom stereocenters. The van der Waals surface area contributed by atoms with E-state index in [-0.39, 0.29) is 41.2 Å². The lowest BCUT2D eigenvalue weighted by molar-refractivity contribution is -0.130. The number of amides is 1. The number of hydrogen-bond donors (Lipinski definition) is 0. The molecule has 0 aliphatic carbocycles. The summed E-state index contributed by atoms with van der Waals surface area (Å²) < 4.78 is 36.4. The van der Waals surface area contributed by atoms with Crippen molar-refractivity contribution in [1.29, 1.82) is 0 Å². The van der Waals surface area contributed by atoms with Gasteiger partial charge in [-0.3, -0.25) is 9.36 Å². The van der Waals surface area contributed by atoms with Crippen LogP contribution in [0.25, 0.3) is 22.0 Å². The molecule has 206 valence electrons. The minimum Gasteiger partial charge on any atom is -0.379 e. The summed E-state index contributed by atoms with van der Waals surface area (Å²) in [6, 6.07) is 3.69. The largest absolute Gasteiger partial charge is 0.379 e. The molecule has 5 rings (SSSR count). The fraction of sp³-hybridized carbons (Fsp3) is 0.393. The molecule has 3 atom stereocenters. The average Bonchev–Trinajstić information content (AvgIpc) is 3.08. The maximum absolute atomic E-state index is 15.2. The van der Waals surface area contributed by atoms with E-state index in [0.29, 0.717) is 40.6 Å². The Morgan fingerprint density at radius 1 is 1.18 bits per heavy atom. The van der Waals surface area contributed by atoms with Crippen LogP contribution in [0.5, 0.6) is 0 Å². The molecule has 0 radical (unpaired) electrons. The number of benzene rings is 2.